The molecule has 3 rings (SSSR count). The van der Waals surface area contributed by atoms with Crippen LogP contribution in [0.4, 0.5) is 0 Å². The smallest absolute Gasteiger partial charge is 0.289 e. The van der Waals surface area contributed by atoms with Gasteiger partial charge in [0.1, 0.15) is 11.4 Å². The van der Waals surface area contributed by atoms with Crippen LogP contribution in [0.25, 0.3) is 11.3 Å². The molecule has 0 spiro atoms. The normalized spacial score (nSPS) is 10.8. The number of hydrogen-bond acceptors (Lipinski definition) is 4. The molecule has 0 saturated carbocycles. The van der Waals surface area contributed by atoms with E-state index in [-0.39, 0.29) is 5.91 Å². The summed E-state index contributed by atoms with van der Waals surface area (Å²) in [5.74, 6) is 0.367. The number of carbonyl (C=O) groups excluding carboxylic acids is 1. The lowest BCUT2D eigenvalue weighted by atomic mass is 10.1. The van der Waals surface area contributed by atoms with E-state index in [0.717, 1.165) is 16.9 Å². The second-order valence-electron chi connectivity index (χ2n) is 5.71. The zero-order valence-corrected chi connectivity index (χ0v) is 14.7. The number of hydrazone groups is 1. The maximum absolute atomic E-state index is 12.2. The molecule has 2 N–H and O–H groups in total. The van der Waals surface area contributed by atoms with E-state index >= 15 is 0 Å². The van der Waals surface area contributed by atoms with Crippen LogP contribution in [0, 0.1) is 6.92 Å². The lowest BCUT2D eigenvalue weighted by Gasteiger charge is -2.07. The molecular weight excluding hydrogens is 328 g/mol. The van der Waals surface area contributed by atoms with E-state index in [0.29, 0.717) is 18.0 Å². The van der Waals surface area contributed by atoms with E-state index in [1.165, 1.54) is 5.56 Å². The minimum Gasteiger partial charge on any atom is -0.493 e. The van der Waals surface area contributed by atoms with Crippen LogP contribution in [0.1, 0.15) is 28.5 Å². The molecule has 132 valence electrons. The molecule has 1 amide bonds. The Bertz CT molecular complexity index is 914. The molecule has 0 aliphatic rings. The molecule has 2 aromatic carbocycles. The lowest BCUT2D eigenvalue weighted by molar-refractivity contribution is 0.0950. The van der Waals surface area contributed by atoms with Gasteiger partial charge in [-0.3, -0.25) is 9.89 Å². The Labute approximate surface area is 151 Å². The number of para-hydroxylation sites is 1. The molecule has 6 heteroatoms. The van der Waals surface area contributed by atoms with Crippen LogP contribution >= 0.6 is 0 Å². The van der Waals surface area contributed by atoms with E-state index in [9.17, 15) is 4.79 Å². The molecule has 0 radical (unpaired) electrons. The van der Waals surface area contributed by atoms with E-state index in [1.807, 2.05) is 62.4 Å². The summed E-state index contributed by atoms with van der Waals surface area (Å²) >= 11 is 0. The van der Waals surface area contributed by atoms with Gasteiger partial charge < -0.3 is 4.74 Å². The van der Waals surface area contributed by atoms with Gasteiger partial charge in [-0.25, -0.2) is 5.43 Å². The molecule has 6 nitrogen and oxygen atoms in total. The number of aryl methyl sites for hydroxylation is 1. The van der Waals surface area contributed by atoms with Gasteiger partial charge in [0.25, 0.3) is 5.91 Å². The SMILES string of the molecule is CCOc1ccccc1-c1cc(C(=O)N/N=C/c2ccc(C)cc2)[nH]n1. The second kappa shape index (κ2) is 8.11. The number of H-pyrrole nitrogens is 1. The molecule has 0 saturated heterocycles. The van der Waals surface area contributed by atoms with Crippen LogP contribution in [0.15, 0.2) is 59.7 Å². The van der Waals surface area contributed by atoms with Crippen molar-refractivity contribution in [3.8, 4) is 17.0 Å². The van der Waals surface area contributed by atoms with Crippen LogP contribution < -0.4 is 10.2 Å². The Kier molecular flexibility index (Phi) is 5.43. The number of aromatic amines is 1. The number of hydrogen-bond donors (Lipinski definition) is 2. The third-order valence-electron chi connectivity index (χ3n) is 3.74. The Balaban J connectivity index is 1.69. The largest absolute Gasteiger partial charge is 0.493 e. The Morgan fingerprint density at radius 3 is 2.77 bits per heavy atom. The quantitative estimate of drug-likeness (QED) is 0.528. The molecular formula is C20H20N4O2. The molecule has 0 aliphatic carbocycles. The average Bonchev–Trinajstić information content (AvgIpc) is 3.14. The van der Waals surface area contributed by atoms with Crippen LogP contribution in [-0.2, 0) is 0 Å². The Morgan fingerprint density at radius 2 is 2.00 bits per heavy atom. The molecule has 0 aliphatic heterocycles. The summed E-state index contributed by atoms with van der Waals surface area (Å²) in [6.45, 7) is 4.50. The van der Waals surface area contributed by atoms with Gasteiger partial charge in [0.2, 0.25) is 0 Å². The summed E-state index contributed by atoms with van der Waals surface area (Å²) in [4.78, 5) is 12.2. The molecule has 0 atom stereocenters. The third kappa shape index (κ3) is 4.16. The molecule has 0 fully saturated rings. The number of rotatable bonds is 6. The minimum atomic E-state index is -0.360. The fraction of sp³-hybridized carbons (Fsp3) is 0.150. The molecule has 1 heterocycles. The van der Waals surface area contributed by atoms with Crippen molar-refractivity contribution in [2.75, 3.05) is 6.61 Å². The number of amides is 1. The van der Waals surface area contributed by atoms with Crippen molar-refractivity contribution in [2.45, 2.75) is 13.8 Å². The zero-order valence-electron chi connectivity index (χ0n) is 14.7. The van der Waals surface area contributed by atoms with Crippen molar-refractivity contribution in [1.29, 1.82) is 0 Å². The van der Waals surface area contributed by atoms with Gasteiger partial charge in [-0.15, -0.1) is 0 Å². The summed E-state index contributed by atoms with van der Waals surface area (Å²) in [6, 6.07) is 17.1. The average molecular weight is 348 g/mol. The third-order valence-corrected chi connectivity index (χ3v) is 3.74. The molecule has 1 aromatic heterocycles. The van der Waals surface area contributed by atoms with Crippen LogP contribution in [0.3, 0.4) is 0 Å². The van der Waals surface area contributed by atoms with Crippen molar-refractivity contribution in [2.24, 2.45) is 5.10 Å². The van der Waals surface area contributed by atoms with Gasteiger partial charge in [0.15, 0.2) is 0 Å². The van der Waals surface area contributed by atoms with Gasteiger partial charge in [-0.1, -0.05) is 42.0 Å². The first-order chi connectivity index (χ1) is 12.7. The minimum absolute atomic E-state index is 0.326. The van der Waals surface area contributed by atoms with Crippen molar-refractivity contribution >= 4 is 12.1 Å². The van der Waals surface area contributed by atoms with Crippen molar-refractivity contribution in [3.05, 3.63) is 71.4 Å². The first kappa shape index (κ1) is 17.4. The summed E-state index contributed by atoms with van der Waals surface area (Å²) in [5, 5.41) is 10.9. The lowest BCUT2D eigenvalue weighted by Crippen LogP contribution is -2.17. The Morgan fingerprint density at radius 1 is 1.23 bits per heavy atom. The topological polar surface area (TPSA) is 79.4 Å². The summed E-state index contributed by atoms with van der Waals surface area (Å²) in [5.41, 5.74) is 6.37. The highest BCUT2D eigenvalue weighted by atomic mass is 16.5. The maximum atomic E-state index is 12.2. The first-order valence-electron chi connectivity index (χ1n) is 8.35. The highest BCUT2D eigenvalue weighted by Crippen LogP contribution is 2.28. The van der Waals surface area contributed by atoms with Crippen LogP contribution in [0.2, 0.25) is 0 Å². The van der Waals surface area contributed by atoms with Crippen molar-refractivity contribution < 1.29 is 9.53 Å². The predicted octanol–water partition coefficient (Wildman–Crippen LogP) is 3.55. The number of ether oxygens (including phenoxy) is 1. The number of carbonyl (C=O) groups is 1. The van der Waals surface area contributed by atoms with Crippen molar-refractivity contribution in [3.63, 3.8) is 0 Å². The van der Waals surface area contributed by atoms with E-state index in [4.69, 9.17) is 4.74 Å². The van der Waals surface area contributed by atoms with Gasteiger partial charge in [-0.05, 0) is 37.6 Å². The highest BCUT2D eigenvalue weighted by molar-refractivity contribution is 5.94. The molecule has 3 aromatic rings. The maximum Gasteiger partial charge on any atom is 0.289 e. The fourth-order valence-corrected chi connectivity index (χ4v) is 2.41. The second-order valence-corrected chi connectivity index (χ2v) is 5.71. The van der Waals surface area contributed by atoms with Gasteiger partial charge >= 0.3 is 0 Å². The fourth-order valence-electron chi connectivity index (χ4n) is 2.41. The molecule has 0 unspecified atom stereocenters. The van der Waals surface area contributed by atoms with Gasteiger partial charge in [0, 0.05) is 5.56 Å². The zero-order chi connectivity index (χ0) is 18.4. The van der Waals surface area contributed by atoms with Crippen LogP contribution in [0.5, 0.6) is 5.75 Å². The monoisotopic (exact) mass is 348 g/mol. The van der Waals surface area contributed by atoms with Crippen LogP contribution in [-0.4, -0.2) is 28.9 Å². The predicted molar refractivity (Wildman–Crippen MR) is 101 cm³/mol. The van der Waals surface area contributed by atoms with E-state index < -0.39 is 0 Å². The Hall–Kier alpha value is -3.41. The van der Waals surface area contributed by atoms with Gasteiger partial charge in [-0.2, -0.15) is 10.2 Å². The van der Waals surface area contributed by atoms with E-state index in [2.05, 4.69) is 20.7 Å². The number of aromatic nitrogens is 2. The summed E-state index contributed by atoms with van der Waals surface area (Å²) in [6.07, 6.45) is 1.60. The summed E-state index contributed by atoms with van der Waals surface area (Å²) in [7, 11) is 0. The number of benzene rings is 2. The standard InChI is InChI=1S/C20H20N4O2/c1-3-26-19-7-5-4-6-16(19)17-12-18(23-22-17)20(25)24-21-13-15-10-8-14(2)9-11-15/h4-13H,3H2,1-2H3,(H,22,23)(H,24,25)/b21-13+. The highest BCUT2D eigenvalue weighted by Gasteiger charge is 2.13. The summed E-state index contributed by atoms with van der Waals surface area (Å²) < 4.78 is 5.61. The van der Waals surface area contributed by atoms with Gasteiger partial charge in [0.05, 0.1) is 18.5 Å². The first-order valence-corrected chi connectivity index (χ1v) is 8.35. The number of nitrogens with zero attached hydrogens (tertiary/aromatic N) is 2. The number of nitrogens with one attached hydrogen (secondary N) is 2. The molecule has 0 bridgehead atoms. The van der Waals surface area contributed by atoms with E-state index in [1.54, 1.807) is 12.3 Å². The van der Waals surface area contributed by atoms with Crippen molar-refractivity contribution in [1.82, 2.24) is 15.6 Å². The molecule has 26 heavy (non-hydrogen) atoms.